The summed E-state index contributed by atoms with van der Waals surface area (Å²) in [5.74, 6) is 0.466. The summed E-state index contributed by atoms with van der Waals surface area (Å²) in [6.45, 7) is 5.08. The molecule has 1 amide bonds. The van der Waals surface area contributed by atoms with E-state index in [0.29, 0.717) is 16.5 Å². The summed E-state index contributed by atoms with van der Waals surface area (Å²) in [5, 5.41) is 3.89. The molecule has 2 heterocycles. The fraction of sp³-hybridized carbons (Fsp3) is 0.500. The zero-order valence-corrected chi connectivity index (χ0v) is 13.5. The Morgan fingerprint density at radius 2 is 2.29 bits per heavy atom. The van der Waals surface area contributed by atoms with Gasteiger partial charge >= 0.3 is 0 Å². The van der Waals surface area contributed by atoms with Gasteiger partial charge in [-0.05, 0) is 24.5 Å². The van der Waals surface area contributed by atoms with Gasteiger partial charge in [-0.25, -0.2) is 4.98 Å². The first kappa shape index (κ1) is 15.8. The van der Waals surface area contributed by atoms with Gasteiger partial charge in [0, 0.05) is 18.1 Å². The van der Waals surface area contributed by atoms with Crippen LogP contribution >= 0.6 is 11.3 Å². The molecule has 0 radical (unpaired) electrons. The molecule has 4 nitrogen and oxygen atoms in total. The topological polar surface area (TPSA) is 68.0 Å². The maximum Gasteiger partial charge on any atom is 0.263 e. The SMILES string of the molecule is CCCCC(CC)CNC(=O)c1sc2ncccc2c1N. The molecule has 3 N–H and O–H groups in total. The summed E-state index contributed by atoms with van der Waals surface area (Å²) in [6, 6.07) is 3.74. The number of nitrogens with two attached hydrogens (primary N) is 1. The molecule has 0 aliphatic rings. The number of fused-ring (bicyclic) bond motifs is 1. The summed E-state index contributed by atoms with van der Waals surface area (Å²) < 4.78 is 0. The van der Waals surface area contributed by atoms with Crippen molar-refractivity contribution in [2.24, 2.45) is 5.92 Å². The molecular formula is C16H23N3OS. The van der Waals surface area contributed by atoms with Gasteiger partial charge in [-0.1, -0.05) is 33.1 Å². The standard InChI is InChI=1S/C16H23N3OS/c1-3-5-7-11(4-2)10-19-15(20)14-13(17)12-8-6-9-18-16(12)21-14/h6,8-9,11H,3-5,7,10,17H2,1-2H3,(H,19,20). The molecule has 114 valence electrons. The average Bonchev–Trinajstić information content (AvgIpc) is 2.85. The van der Waals surface area contributed by atoms with Gasteiger partial charge in [-0.2, -0.15) is 0 Å². The van der Waals surface area contributed by atoms with Crippen molar-refractivity contribution in [2.75, 3.05) is 12.3 Å². The number of unbranched alkanes of at least 4 members (excludes halogenated alkanes) is 1. The van der Waals surface area contributed by atoms with E-state index < -0.39 is 0 Å². The first-order valence-corrected chi connectivity index (χ1v) is 8.40. The molecule has 1 unspecified atom stereocenters. The molecule has 0 fully saturated rings. The second-order valence-electron chi connectivity index (χ2n) is 5.33. The first-order valence-electron chi connectivity index (χ1n) is 7.58. The Hall–Kier alpha value is -1.62. The molecule has 2 aromatic rings. The molecule has 0 saturated heterocycles. The van der Waals surface area contributed by atoms with Crippen molar-refractivity contribution in [2.45, 2.75) is 39.5 Å². The Morgan fingerprint density at radius 1 is 1.48 bits per heavy atom. The van der Waals surface area contributed by atoms with Gasteiger partial charge in [0.2, 0.25) is 0 Å². The molecule has 0 aliphatic carbocycles. The molecular weight excluding hydrogens is 282 g/mol. The van der Waals surface area contributed by atoms with Crippen molar-refractivity contribution in [3.8, 4) is 0 Å². The smallest absolute Gasteiger partial charge is 0.263 e. The minimum atomic E-state index is -0.0783. The highest BCUT2D eigenvalue weighted by atomic mass is 32.1. The van der Waals surface area contributed by atoms with Crippen LogP contribution in [-0.2, 0) is 0 Å². The summed E-state index contributed by atoms with van der Waals surface area (Å²) in [6.07, 6.45) is 6.38. The number of pyridine rings is 1. The number of nitrogens with zero attached hydrogens (tertiary/aromatic N) is 1. The number of amides is 1. The van der Waals surface area contributed by atoms with Crippen molar-refractivity contribution >= 4 is 33.1 Å². The van der Waals surface area contributed by atoms with Crippen LogP contribution in [0.1, 0.15) is 49.2 Å². The molecule has 0 aliphatic heterocycles. The van der Waals surface area contributed by atoms with E-state index >= 15 is 0 Å². The molecule has 5 heteroatoms. The van der Waals surface area contributed by atoms with E-state index in [-0.39, 0.29) is 5.91 Å². The second kappa shape index (κ2) is 7.41. The third kappa shape index (κ3) is 3.73. The van der Waals surface area contributed by atoms with Crippen LogP contribution < -0.4 is 11.1 Å². The predicted octanol–water partition coefficient (Wildman–Crippen LogP) is 3.82. The molecule has 0 spiro atoms. The molecule has 2 rings (SSSR count). The van der Waals surface area contributed by atoms with Crippen LogP contribution in [0.3, 0.4) is 0 Å². The average molecular weight is 305 g/mol. The zero-order valence-electron chi connectivity index (χ0n) is 12.7. The number of anilines is 1. The van der Waals surface area contributed by atoms with Gasteiger partial charge in [0.1, 0.15) is 9.71 Å². The van der Waals surface area contributed by atoms with E-state index in [2.05, 4.69) is 24.1 Å². The highest BCUT2D eigenvalue weighted by Gasteiger charge is 2.17. The zero-order chi connectivity index (χ0) is 15.2. The van der Waals surface area contributed by atoms with Gasteiger partial charge in [-0.15, -0.1) is 11.3 Å². The van der Waals surface area contributed by atoms with E-state index in [9.17, 15) is 4.79 Å². The molecule has 0 saturated carbocycles. The normalized spacial score (nSPS) is 12.5. The van der Waals surface area contributed by atoms with Crippen LogP contribution in [0.25, 0.3) is 10.2 Å². The molecule has 2 aromatic heterocycles. The van der Waals surface area contributed by atoms with Gasteiger partial charge < -0.3 is 11.1 Å². The van der Waals surface area contributed by atoms with Gasteiger partial charge in [0.05, 0.1) is 5.69 Å². The third-order valence-corrected chi connectivity index (χ3v) is 4.93. The fourth-order valence-electron chi connectivity index (χ4n) is 2.38. The number of hydrogen-bond donors (Lipinski definition) is 2. The number of nitrogens with one attached hydrogen (secondary N) is 1. The van der Waals surface area contributed by atoms with E-state index in [0.717, 1.165) is 29.6 Å². The third-order valence-electron chi connectivity index (χ3n) is 3.81. The Balaban J connectivity index is 2.03. The Kier molecular flexibility index (Phi) is 5.56. The lowest BCUT2D eigenvalue weighted by Crippen LogP contribution is -2.29. The quantitative estimate of drug-likeness (QED) is 0.817. The Morgan fingerprint density at radius 3 is 2.95 bits per heavy atom. The molecule has 0 bridgehead atoms. The van der Waals surface area contributed by atoms with E-state index in [4.69, 9.17) is 5.73 Å². The number of aromatic nitrogens is 1. The summed E-state index contributed by atoms with van der Waals surface area (Å²) in [5.41, 5.74) is 6.61. The minimum Gasteiger partial charge on any atom is -0.397 e. The fourth-order valence-corrected chi connectivity index (χ4v) is 3.36. The van der Waals surface area contributed by atoms with Crippen molar-refractivity contribution < 1.29 is 4.79 Å². The summed E-state index contributed by atoms with van der Waals surface area (Å²) in [4.78, 5) is 18.0. The van der Waals surface area contributed by atoms with Gasteiger partial charge in [-0.3, -0.25) is 4.79 Å². The molecule has 1 atom stereocenters. The monoisotopic (exact) mass is 305 g/mol. The van der Waals surface area contributed by atoms with Crippen molar-refractivity contribution in [3.05, 3.63) is 23.2 Å². The van der Waals surface area contributed by atoms with Crippen LogP contribution in [0.15, 0.2) is 18.3 Å². The van der Waals surface area contributed by atoms with Crippen LogP contribution in [0.2, 0.25) is 0 Å². The van der Waals surface area contributed by atoms with Crippen LogP contribution in [0.4, 0.5) is 5.69 Å². The van der Waals surface area contributed by atoms with Crippen molar-refractivity contribution in [3.63, 3.8) is 0 Å². The Labute approximate surface area is 129 Å². The number of rotatable bonds is 7. The number of carbonyl (C=O) groups excluding carboxylic acids is 1. The van der Waals surface area contributed by atoms with E-state index in [1.165, 1.54) is 24.2 Å². The summed E-state index contributed by atoms with van der Waals surface area (Å²) >= 11 is 1.36. The van der Waals surface area contributed by atoms with Crippen molar-refractivity contribution in [1.82, 2.24) is 10.3 Å². The van der Waals surface area contributed by atoms with Gasteiger partial charge in [0.25, 0.3) is 5.91 Å². The van der Waals surface area contributed by atoms with Crippen molar-refractivity contribution in [1.29, 1.82) is 0 Å². The molecule has 21 heavy (non-hydrogen) atoms. The number of thiophene rings is 1. The minimum absolute atomic E-state index is 0.0783. The van der Waals surface area contributed by atoms with Crippen LogP contribution in [0.5, 0.6) is 0 Å². The number of nitrogen functional groups attached to an aromatic ring is 1. The van der Waals surface area contributed by atoms with Crippen LogP contribution in [-0.4, -0.2) is 17.4 Å². The lowest BCUT2D eigenvalue weighted by Gasteiger charge is -2.15. The predicted molar refractivity (Wildman–Crippen MR) is 89.7 cm³/mol. The van der Waals surface area contributed by atoms with E-state index in [1.807, 2.05) is 12.1 Å². The lowest BCUT2D eigenvalue weighted by molar-refractivity contribution is 0.0950. The largest absolute Gasteiger partial charge is 0.397 e. The maximum absolute atomic E-state index is 12.3. The summed E-state index contributed by atoms with van der Waals surface area (Å²) in [7, 11) is 0. The maximum atomic E-state index is 12.3. The second-order valence-corrected chi connectivity index (χ2v) is 6.33. The number of hydrogen-bond acceptors (Lipinski definition) is 4. The number of carbonyl (C=O) groups is 1. The van der Waals surface area contributed by atoms with E-state index in [1.54, 1.807) is 6.20 Å². The van der Waals surface area contributed by atoms with Crippen LogP contribution in [0, 0.1) is 5.92 Å². The Bertz CT molecular complexity index is 609. The highest BCUT2D eigenvalue weighted by molar-refractivity contribution is 7.21. The lowest BCUT2D eigenvalue weighted by atomic mass is 9.99. The van der Waals surface area contributed by atoms with Gasteiger partial charge in [0.15, 0.2) is 0 Å². The highest BCUT2D eigenvalue weighted by Crippen LogP contribution is 2.31. The first-order chi connectivity index (χ1) is 10.2. The molecule has 0 aromatic carbocycles.